The highest BCUT2D eigenvalue weighted by Gasteiger charge is 2.31. The maximum Gasteiger partial charge on any atom is 0.254 e. The Balaban J connectivity index is 1.71. The van der Waals surface area contributed by atoms with Gasteiger partial charge in [-0.05, 0) is 43.0 Å². The fourth-order valence-corrected chi connectivity index (χ4v) is 3.40. The first-order valence-corrected chi connectivity index (χ1v) is 8.82. The molecule has 2 atom stereocenters. The average molecular weight is 339 g/mol. The molecule has 0 saturated carbocycles. The zero-order chi connectivity index (χ0) is 17.6. The van der Waals surface area contributed by atoms with Gasteiger partial charge in [0.15, 0.2) is 0 Å². The van der Waals surface area contributed by atoms with E-state index in [1.807, 2.05) is 41.3 Å². The van der Waals surface area contributed by atoms with Crippen LogP contribution in [0.5, 0.6) is 5.75 Å². The summed E-state index contributed by atoms with van der Waals surface area (Å²) < 4.78 is 5.81. The Hall–Kier alpha value is -2.40. The lowest BCUT2D eigenvalue weighted by molar-refractivity contribution is 0.0532. The van der Waals surface area contributed by atoms with Gasteiger partial charge in [-0.3, -0.25) is 9.78 Å². The van der Waals surface area contributed by atoms with Crippen molar-refractivity contribution in [2.75, 3.05) is 13.1 Å². The molecule has 1 aromatic heterocycles. The Morgan fingerprint density at radius 2 is 2.24 bits per heavy atom. The summed E-state index contributed by atoms with van der Waals surface area (Å²) in [6.45, 7) is 3.87. The Morgan fingerprint density at radius 3 is 3.00 bits per heavy atom. The van der Waals surface area contributed by atoms with Crippen molar-refractivity contribution in [1.82, 2.24) is 9.88 Å². The predicted octanol–water partition coefficient (Wildman–Crippen LogP) is 2.86. The number of hydrogen-bond acceptors (Lipinski definition) is 4. The Kier molecular flexibility index (Phi) is 5.66. The number of piperidine rings is 1. The van der Waals surface area contributed by atoms with Gasteiger partial charge in [0.2, 0.25) is 0 Å². The second kappa shape index (κ2) is 8.12. The molecule has 2 N–H and O–H groups in total. The molecule has 1 aliphatic heterocycles. The number of carbonyl (C=O) groups is 1. The molecule has 1 fully saturated rings. The highest BCUT2D eigenvalue weighted by molar-refractivity contribution is 5.95. The van der Waals surface area contributed by atoms with E-state index >= 15 is 0 Å². The van der Waals surface area contributed by atoms with E-state index in [0.717, 1.165) is 24.9 Å². The molecule has 1 saturated heterocycles. The van der Waals surface area contributed by atoms with Crippen LogP contribution in [0, 0.1) is 5.92 Å². The second-order valence-electron chi connectivity index (χ2n) is 6.60. The molecular weight excluding hydrogens is 314 g/mol. The summed E-state index contributed by atoms with van der Waals surface area (Å²) in [6, 6.07) is 11.3. The van der Waals surface area contributed by atoms with Gasteiger partial charge in [0, 0.05) is 42.7 Å². The number of likely N-dealkylation sites (tertiary alicyclic amines) is 1. The van der Waals surface area contributed by atoms with E-state index in [9.17, 15) is 4.79 Å². The highest BCUT2D eigenvalue weighted by atomic mass is 16.5. The van der Waals surface area contributed by atoms with Gasteiger partial charge in [-0.25, -0.2) is 0 Å². The number of rotatable bonds is 5. The van der Waals surface area contributed by atoms with E-state index in [-0.39, 0.29) is 11.9 Å². The van der Waals surface area contributed by atoms with Crippen LogP contribution in [0.3, 0.4) is 0 Å². The van der Waals surface area contributed by atoms with Crippen molar-refractivity contribution in [1.29, 1.82) is 0 Å². The van der Waals surface area contributed by atoms with Crippen LogP contribution >= 0.6 is 0 Å². The fourth-order valence-electron chi connectivity index (χ4n) is 3.40. The SMILES string of the molecule is C[C@@H]1CCCN(C(=O)c2cccc(OCc3cccnc3)c2)[C@H]1CN. The quantitative estimate of drug-likeness (QED) is 0.909. The third-order valence-electron chi connectivity index (χ3n) is 4.83. The van der Waals surface area contributed by atoms with Gasteiger partial charge in [0.05, 0.1) is 0 Å². The van der Waals surface area contributed by atoms with Crippen LogP contribution in [0.1, 0.15) is 35.7 Å². The number of carbonyl (C=O) groups excluding carboxylic acids is 1. The van der Waals surface area contributed by atoms with E-state index in [4.69, 9.17) is 10.5 Å². The molecule has 2 heterocycles. The number of hydrogen-bond donors (Lipinski definition) is 1. The van der Waals surface area contributed by atoms with Crippen LogP contribution in [0.2, 0.25) is 0 Å². The average Bonchev–Trinajstić information content (AvgIpc) is 2.66. The van der Waals surface area contributed by atoms with Gasteiger partial charge in [-0.1, -0.05) is 19.1 Å². The Labute approximate surface area is 148 Å². The molecule has 0 bridgehead atoms. The van der Waals surface area contributed by atoms with Crippen LogP contribution in [0.4, 0.5) is 0 Å². The molecule has 1 aliphatic rings. The van der Waals surface area contributed by atoms with Gasteiger partial charge >= 0.3 is 0 Å². The maximum absolute atomic E-state index is 12.9. The number of pyridine rings is 1. The number of amides is 1. The molecule has 5 heteroatoms. The van der Waals surface area contributed by atoms with E-state index in [1.54, 1.807) is 12.4 Å². The number of aromatic nitrogens is 1. The van der Waals surface area contributed by atoms with Gasteiger partial charge in [-0.15, -0.1) is 0 Å². The summed E-state index contributed by atoms with van der Waals surface area (Å²) in [6.07, 6.45) is 5.66. The van der Waals surface area contributed by atoms with Crippen molar-refractivity contribution in [3.05, 3.63) is 59.9 Å². The minimum Gasteiger partial charge on any atom is -0.489 e. The Morgan fingerprint density at radius 1 is 1.36 bits per heavy atom. The lowest BCUT2D eigenvalue weighted by Gasteiger charge is -2.39. The molecule has 3 rings (SSSR count). The molecule has 0 spiro atoms. The van der Waals surface area contributed by atoms with E-state index in [0.29, 0.717) is 30.4 Å². The molecule has 25 heavy (non-hydrogen) atoms. The van der Waals surface area contributed by atoms with E-state index in [2.05, 4.69) is 11.9 Å². The van der Waals surface area contributed by atoms with Crippen LogP contribution in [0.25, 0.3) is 0 Å². The molecule has 0 radical (unpaired) electrons. The Bertz CT molecular complexity index is 705. The van der Waals surface area contributed by atoms with Crippen molar-refractivity contribution >= 4 is 5.91 Å². The first-order chi connectivity index (χ1) is 12.2. The smallest absolute Gasteiger partial charge is 0.254 e. The predicted molar refractivity (Wildman–Crippen MR) is 97.3 cm³/mol. The van der Waals surface area contributed by atoms with Crippen LogP contribution < -0.4 is 10.5 Å². The topological polar surface area (TPSA) is 68.5 Å². The molecule has 5 nitrogen and oxygen atoms in total. The highest BCUT2D eigenvalue weighted by Crippen LogP contribution is 2.25. The van der Waals surface area contributed by atoms with Crippen molar-refractivity contribution in [3.63, 3.8) is 0 Å². The first-order valence-electron chi connectivity index (χ1n) is 8.82. The molecule has 1 amide bonds. The number of nitrogens with two attached hydrogens (primary N) is 1. The van der Waals surface area contributed by atoms with Crippen LogP contribution in [-0.2, 0) is 6.61 Å². The summed E-state index contributed by atoms with van der Waals surface area (Å²) >= 11 is 0. The summed E-state index contributed by atoms with van der Waals surface area (Å²) in [5.74, 6) is 1.16. The second-order valence-corrected chi connectivity index (χ2v) is 6.60. The summed E-state index contributed by atoms with van der Waals surface area (Å²) in [4.78, 5) is 18.9. The molecule has 132 valence electrons. The van der Waals surface area contributed by atoms with Gasteiger partial charge in [0.25, 0.3) is 5.91 Å². The normalized spacial score (nSPS) is 20.3. The van der Waals surface area contributed by atoms with Crippen molar-refractivity contribution in [3.8, 4) is 5.75 Å². The van der Waals surface area contributed by atoms with Crippen molar-refractivity contribution < 1.29 is 9.53 Å². The molecular formula is C20H25N3O2. The van der Waals surface area contributed by atoms with Crippen molar-refractivity contribution in [2.24, 2.45) is 11.7 Å². The minimum absolute atomic E-state index is 0.0360. The summed E-state index contributed by atoms with van der Waals surface area (Å²) in [7, 11) is 0. The third kappa shape index (κ3) is 4.17. The standard InChI is InChI=1S/C20H25N3O2/c1-15-5-4-10-23(19(15)12-21)20(24)17-7-2-8-18(11-17)25-14-16-6-3-9-22-13-16/h2-3,6-9,11,13,15,19H,4-5,10,12,14,21H2,1H3/t15-,19+/m1/s1. The van der Waals surface area contributed by atoms with Crippen LogP contribution in [-0.4, -0.2) is 34.9 Å². The lowest BCUT2D eigenvalue weighted by Crippen LogP contribution is -2.51. The zero-order valence-electron chi connectivity index (χ0n) is 14.6. The van der Waals surface area contributed by atoms with Gasteiger partial charge in [0.1, 0.15) is 12.4 Å². The zero-order valence-corrected chi connectivity index (χ0v) is 14.6. The summed E-state index contributed by atoms with van der Waals surface area (Å²) in [5.41, 5.74) is 7.56. The van der Waals surface area contributed by atoms with Gasteiger partial charge < -0.3 is 15.4 Å². The third-order valence-corrected chi connectivity index (χ3v) is 4.83. The number of benzene rings is 1. The largest absolute Gasteiger partial charge is 0.489 e. The number of ether oxygens (including phenoxy) is 1. The maximum atomic E-state index is 12.9. The van der Waals surface area contributed by atoms with Crippen molar-refractivity contribution in [2.45, 2.75) is 32.4 Å². The molecule has 1 aromatic carbocycles. The minimum atomic E-state index is 0.0360. The molecule has 0 unspecified atom stereocenters. The monoisotopic (exact) mass is 339 g/mol. The number of nitrogens with zero attached hydrogens (tertiary/aromatic N) is 2. The van der Waals surface area contributed by atoms with Crippen LogP contribution in [0.15, 0.2) is 48.8 Å². The van der Waals surface area contributed by atoms with E-state index in [1.165, 1.54) is 0 Å². The molecule has 0 aliphatic carbocycles. The summed E-state index contributed by atoms with van der Waals surface area (Å²) in [5, 5.41) is 0. The fraction of sp³-hybridized carbons (Fsp3) is 0.400. The molecule has 2 aromatic rings. The van der Waals surface area contributed by atoms with E-state index < -0.39 is 0 Å². The van der Waals surface area contributed by atoms with Gasteiger partial charge in [-0.2, -0.15) is 0 Å². The first kappa shape index (κ1) is 17.4. The lowest BCUT2D eigenvalue weighted by atomic mass is 9.90.